The molecule has 0 saturated heterocycles. The highest BCUT2D eigenvalue weighted by atomic mass is 32.1. The Hall–Kier alpha value is -0.380. The third-order valence-corrected chi connectivity index (χ3v) is 3.02. The molecule has 1 N–H and O–H groups in total. The van der Waals surface area contributed by atoms with Gasteiger partial charge in [0.05, 0.1) is 12.1 Å². The number of rotatable bonds is 5. The zero-order valence-electron chi connectivity index (χ0n) is 8.41. The van der Waals surface area contributed by atoms with Gasteiger partial charge in [0.15, 0.2) is 0 Å². The second kappa shape index (κ2) is 5.37. The van der Waals surface area contributed by atoms with E-state index in [1.54, 1.807) is 11.3 Å². The molecule has 0 aromatic carbocycles. The Kier molecular flexibility index (Phi) is 4.42. The lowest BCUT2D eigenvalue weighted by Gasteiger charge is -2.22. The maximum atomic E-state index is 5.56. The van der Waals surface area contributed by atoms with Crippen molar-refractivity contribution in [3.05, 3.63) is 22.4 Å². The predicted octanol–water partition coefficient (Wildman–Crippen LogP) is 2.43. The van der Waals surface area contributed by atoms with E-state index in [1.165, 1.54) is 4.88 Å². The van der Waals surface area contributed by atoms with Gasteiger partial charge in [0, 0.05) is 11.5 Å². The van der Waals surface area contributed by atoms with Crippen LogP contribution in [-0.2, 0) is 4.74 Å². The molecule has 1 rings (SSSR count). The summed E-state index contributed by atoms with van der Waals surface area (Å²) in [6.45, 7) is 4.90. The number of hydrogen-bond donors (Lipinski definition) is 1. The molecule has 0 spiro atoms. The highest BCUT2D eigenvalue weighted by molar-refractivity contribution is 7.10. The van der Waals surface area contributed by atoms with Crippen molar-refractivity contribution in [1.82, 2.24) is 5.32 Å². The van der Waals surface area contributed by atoms with Gasteiger partial charge in [-0.2, -0.15) is 0 Å². The van der Waals surface area contributed by atoms with Crippen molar-refractivity contribution in [3.63, 3.8) is 0 Å². The Bertz CT molecular complexity index is 223. The summed E-state index contributed by atoms with van der Waals surface area (Å²) in [4.78, 5) is 1.34. The van der Waals surface area contributed by atoms with Gasteiger partial charge < -0.3 is 10.1 Å². The second-order valence-electron chi connectivity index (χ2n) is 2.94. The third-order valence-electron chi connectivity index (χ3n) is 2.06. The van der Waals surface area contributed by atoms with Crippen LogP contribution in [0.3, 0.4) is 0 Å². The zero-order chi connectivity index (χ0) is 9.68. The maximum Gasteiger partial charge on any atom is 0.0749 e. The van der Waals surface area contributed by atoms with Crippen LogP contribution >= 0.6 is 11.3 Å². The van der Waals surface area contributed by atoms with E-state index in [9.17, 15) is 0 Å². The minimum absolute atomic E-state index is 0.230. The molecular formula is C10H17NOS. The topological polar surface area (TPSA) is 21.3 Å². The van der Waals surface area contributed by atoms with Gasteiger partial charge in [-0.3, -0.25) is 0 Å². The molecule has 0 saturated carbocycles. The van der Waals surface area contributed by atoms with Crippen LogP contribution in [0.5, 0.6) is 0 Å². The van der Waals surface area contributed by atoms with E-state index in [2.05, 4.69) is 29.8 Å². The molecule has 0 radical (unpaired) electrons. The SMILES string of the molecule is CCOC(C)C(NC)c1cccs1. The van der Waals surface area contributed by atoms with Crippen LogP contribution in [0.2, 0.25) is 0 Å². The summed E-state index contributed by atoms with van der Waals surface area (Å²) in [5.41, 5.74) is 0. The fraction of sp³-hybridized carbons (Fsp3) is 0.600. The van der Waals surface area contributed by atoms with Gasteiger partial charge in [-0.1, -0.05) is 6.07 Å². The molecule has 13 heavy (non-hydrogen) atoms. The summed E-state index contributed by atoms with van der Waals surface area (Å²) in [5, 5.41) is 5.37. The van der Waals surface area contributed by atoms with Crippen LogP contribution < -0.4 is 5.32 Å². The Morgan fingerprint density at radius 3 is 2.85 bits per heavy atom. The molecule has 2 atom stereocenters. The second-order valence-corrected chi connectivity index (χ2v) is 3.92. The van der Waals surface area contributed by atoms with Gasteiger partial charge in [0.1, 0.15) is 0 Å². The van der Waals surface area contributed by atoms with Crippen molar-refractivity contribution >= 4 is 11.3 Å². The van der Waals surface area contributed by atoms with E-state index in [4.69, 9.17) is 4.74 Å². The van der Waals surface area contributed by atoms with Gasteiger partial charge in [-0.25, -0.2) is 0 Å². The molecule has 0 fully saturated rings. The van der Waals surface area contributed by atoms with Gasteiger partial charge in [0.2, 0.25) is 0 Å². The molecule has 0 aliphatic carbocycles. The van der Waals surface area contributed by atoms with Gasteiger partial charge >= 0.3 is 0 Å². The first-order valence-electron chi connectivity index (χ1n) is 4.61. The van der Waals surface area contributed by atoms with Crippen LogP contribution in [0.4, 0.5) is 0 Å². The van der Waals surface area contributed by atoms with Crippen molar-refractivity contribution in [2.24, 2.45) is 0 Å². The first-order valence-corrected chi connectivity index (χ1v) is 5.49. The van der Waals surface area contributed by atoms with E-state index in [0.29, 0.717) is 6.04 Å². The summed E-state index contributed by atoms with van der Waals surface area (Å²) in [7, 11) is 1.97. The molecule has 0 bridgehead atoms. The Balaban J connectivity index is 2.62. The normalized spacial score (nSPS) is 15.6. The van der Waals surface area contributed by atoms with Crippen LogP contribution in [0.15, 0.2) is 17.5 Å². The highest BCUT2D eigenvalue weighted by Crippen LogP contribution is 2.23. The summed E-state index contributed by atoms with van der Waals surface area (Å²) >= 11 is 1.77. The van der Waals surface area contributed by atoms with Crippen LogP contribution in [0.25, 0.3) is 0 Å². The first-order chi connectivity index (χ1) is 6.29. The average molecular weight is 199 g/mol. The Morgan fingerprint density at radius 2 is 2.38 bits per heavy atom. The van der Waals surface area contributed by atoms with E-state index in [1.807, 2.05) is 14.0 Å². The predicted molar refractivity (Wildman–Crippen MR) is 57.2 cm³/mol. The number of likely N-dealkylation sites (N-methyl/N-ethyl adjacent to an activating group) is 1. The quantitative estimate of drug-likeness (QED) is 0.786. The van der Waals surface area contributed by atoms with Gasteiger partial charge in [0.25, 0.3) is 0 Å². The Morgan fingerprint density at radius 1 is 1.62 bits per heavy atom. The molecule has 0 aliphatic rings. The minimum Gasteiger partial charge on any atom is -0.377 e. The van der Waals surface area contributed by atoms with Crippen molar-refractivity contribution in [1.29, 1.82) is 0 Å². The number of thiophene rings is 1. The summed E-state index contributed by atoms with van der Waals surface area (Å²) in [5.74, 6) is 0. The largest absolute Gasteiger partial charge is 0.377 e. The first kappa shape index (κ1) is 10.7. The van der Waals surface area contributed by atoms with Crippen LogP contribution in [-0.4, -0.2) is 19.8 Å². The molecule has 1 aromatic heterocycles. The molecule has 2 nitrogen and oxygen atoms in total. The van der Waals surface area contributed by atoms with Crippen LogP contribution in [0, 0.1) is 0 Å². The summed E-state index contributed by atoms with van der Waals surface area (Å²) in [6, 6.07) is 4.53. The van der Waals surface area contributed by atoms with E-state index >= 15 is 0 Å². The van der Waals surface area contributed by atoms with E-state index in [-0.39, 0.29) is 6.10 Å². The van der Waals surface area contributed by atoms with E-state index in [0.717, 1.165) is 6.61 Å². The molecule has 0 aliphatic heterocycles. The van der Waals surface area contributed by atoms with Crippen molar-refractivity contribution in [2.75, 3.05) is 13.7 Å². The molecular weight excluding hydrogens is 182 g/mol. The smallest absolute Gasteiger partial charge is 0.0749 e. The third kappa shape index (κ3) is 2.79. The molecule has 1 aromatic rings. The fourth-order valence-electron chi connectivity index (χ4n) is 1.44. The maximum absolute atomic E-state index is 5.56. The highest BCUT2D eigenvalue weighted by Gasteiger charge is 2.17. The Labute approximate surface area is 83.9 Å². The molecule has 74 valence electrons. The minimum atomic E-state index is 0.230. The standard InChI is InChI=1S/C10H17NOS/c1-4-12-8(2)10(11-3)9-6-5-7-13-9/h5-8,10-11H,4H2,1-3H3. The van der Waals surface area contributed by atoms with Crippen molar-refractivity contribution < 1.29 is 4.74 Å². The molecule has 3 heteroatoms. The number of nitrogens with one attached hydrogen (secondary N) is 1. The lowest BCUT2D eigenvalue weighted by atomic mass is 10.1. The molecule has 2 unspecified atom stereocenters. The fourth-order valence-corrected chi connectivity index (χ4v) is 2.36. The molecule has 0 amide bonds. The number of hydrogen-bond acceptors (Lipinski definition) is 3. The zero-order valence-corrected chi connectivity index (χ0v) is 9.23. The summed E-state index contributed by atoms with van der Waals surface area (Å²) < 4.78 is 5.56. The van der Waals surface area contributed by atoms with Crippen molar-refractivity contribution in [3.8, 4) is 0 Å². The van der Waals surface area contributed by atoms with E-state index < -0.39 is 0 Å². The number of ether oxygens (including phenoxy) is 1. The van der Waals surface area contributed by atoms with Crippen LogP contribution in [0.1, 0.15) is 24.8 Å². The molecule has 1 heterocycles. The lowest BCUT2D eigenvalue weighted by Crippen LogP contribution is -2.28. The van der Waals surface area contributed by atoms with Crippen molar-refractivity contribution in [2.45, 2.75) is 26.0 Å². The van der Waals surface area contributed by atoms with Gasteiger partial charge in [-0.05, 0) is 32.3 Å². The van der Waals surface area contributed by atoms with Gasteiger partial charge in [-0.15, -0.1) is 11.3 Å². The average Bonchev–Trinajstić information content (AvgIpc) is 2.59. The lowest BCUT2D eigenvalue weighted by molar-refractivity contribution is 0.0502. The summed E-state index contributed by atoms with van der Waals surface area (Å²) in [6.07, 6.45) is 0.230. The monoisotopic (exact) mass is 199 g/mol.